The summed E-state index contributed by atoms with van der Waals surface area (Å²) in [7, 11) is 1.40. The Balaban J connectivity index is 2.40. The molecule has 0 aliphatic carbocycles. The van der Waals surface area contributed by atoms with E-state index in [-0.39, 0.29) is 12.5 Å². The van der Waals surface area contributed by atoms with Crippen LogP contribution in [0.2, 0.25) is 0 Å². The van der Waals surface area contributed by atoms with Gasteiger partial charge >= 0.3 is 0 Å². The predicted molar refractivity (Wildman–Crippen MR) is 53.9 cm³/mol. The summed E-state index contributed by atoms with van der Waals surface area (Å²) in [6.45, 7) is -0.0882. The number of hydrazine groups is 1. The minimum atomic E-state index is -0.401. The Hall–Kier alpha value is -1.88. The van der Waals surface area contributed by atoms with Crippen molar-refractivity contribution < 1.29 is 14.3 Å². The number of ether oxygens (including phenoxy) is 1. The number of carbonyl (C=O) groups excluding carboxylic acids is 2. The van der Waals surface area contributed by atoms with Gasteiger partial charge < -0.3 is 4.74 Å². The Bertz CT molecular complexity index is 338. The lowest BCUT2D eigenvalue weighted by Gasteiger charge is -2.06. The van der Waals surface area contributed by atoms with Crippen molar-refractivity contribution in [1.29, 1.82) is 0 Å². The van der Waals surface area contributed by atoms with Crippen molar-refractivity contribution >= 4 is 11.8 Å². The van der Waals surface area contributed by atoms with Crippen LogP contribution in [-0.4, -0.2) is 25.5 Å². The van der Waals surface area contributed by atoms with Gasteiger partial charge in [-0.3, -0.25) is 20.4 Å². The van der Waals surface area contributed by atoms with Gasteiger partial charge in [-0.05, 0) is 12.1 Å². The first kappa shape index (κ1) is 11.2. The minimum absolute atomic E-state index is 0.0882. The first-order chi connectivity index (χ1) is 7.24. The molecule has 0 aliphatic heterocycles. The largest absolute Gasteiger partial charge is 0.375 e. The molecule has 0 saturated heterocycles. The summed E-state index contributed by atoms with van der Waals surface area (Å²) in [5.41, 5.74) is 4.97. The predicted octanol–water partition coefficient (Wildman–Crippen LogP) is 0.0940. The summed E-state index contributed by atoms with van der Waals surface area (Å²) in [4.78, 5) is 22.3. The molecule has 0 fully saturated rings. The number of hydrogen-bond acceptors (Lipinski definition) is 3. The molecule has 0 spiro atoms. The van der Waals surface area contributed by atoms with Gasteiger partial charge in [0.1, 0.15) is 6.61 Å². The summed E-state index contributed by atoms with van der Waals surface area (Å²) in [5, 5.41) is 0. The van der Waals surface area contributed by atoms with Gasteiger partial charge in [-0.15, -0.1) is 0 Å². The molecule has 0 heterocycles. The Morgan fingerprint density at radius 3 is 2.47 bits per heavy atom. The lowest BCUT2D eigenvalue weighted by molar-refractivity contribution is -0.125. The van der Waals surface area contributed by atoms with E-state index in [2.05, 4.69) is 15.6 Å². The second-order valence-electron chi connectivity index (χ2n) is 2.80. The number of benzene rings is 1. The summed E-state index contributed by atoms with van der Waals surface area (Å²) >= 11 is 0. The van der Waals surface area contributed by atoms with Crippen molar-refractivity contribution in [3.05, 3.63) is 35.9 Å². The molecule has 15 heavy (non-hydrogen) atoms. The highest BCUT2D eigenvalue weighted by Gasteiger charge is 2.05. The average Bonchev–Trinajstić information content (AvgIpc) is 2.27. The van der Waals surface area contributed by atoms with Crippen molar-refractivity contribution in [3.8, 4) is 0 Å². The van der Waals surface area contributed by atoms with Crippen LogP contribution in [0, 0.1) is 0 Å². The molecule has 5 heteroatoms. The molecule has 1 aromatic carbocycles. The van der Waals surface area contributed by atoms with E-state index in [0.29, 0.717) is 5.56 Å². The van der Waals surface area contributed by atoms with Gasteiger partial charge in [-0.2, -0.15) is 0 Å². The fraction of sp³-hybridized carbons (Fsp3) is 0.200. The Kier molecular flexibility index (Phi) is 4.30. The van der Waals surface area contributed by atoms with Crippen LogP contribution in [-0.2, 0) is 9.53 Å². The molecule has 0 aliphatic rings. The van der Waals surface area contributed by atoms with Crippen LogP contribution in [0.25, 0.3) is 0 Å². The minimum Gasteiger partial charge on any atom is -0.375 e. The highest BCUT2D eigenvalue weighted by Crippen LogP contribution is 1.96. The lowest BCUT2D eigenvalue weighted by Crippen LogP contribution is -2.43. The van der Waals surface area contributed by atoms with Gasteiger partial charge in [0, 0.05) is 12.7 Å². The molecule has 80 valence electrons. The van der Waals surface area contributed by atoms with E-state index in [1.165, 1.54) is 7.11 Å². The van der Waals surface area contributed by atoms with Crippen molar-refractivity contribution in [3.63, 3.8) is 0 Å². The van der Waals surface area contributed by atoms with Crippen LogP contribution in [0.4, 0.5) is 0 Å². The molecule has 0 unspecified atom stereocenters. The Labute approximate surface area is 87.4 Å². The zero-order valence-corrected chi connectivity index (χ0v) is 8.32. The highest BCUT2D eigenvalue weighted by molar-refractivity contribution is 5.95. The third-order valence-corrected chi connectivity index (χ3v) is 1.63. The number of amides is 2. The SMILES string of the molecule is COCC(=O)NNC(=O)c1ccccc1. The van der Waals surface area contributed by atoms with E-state index in [0.717, 1.165) is 0 Å². The summed E-state index contributed by atoms with van der Waals surface area (Å²) in [6.07, 6.45) is 0. The molecule has 0 atom stereocenters. The molecule has 0 radical (unpaired) electrons. The summed E-state index contributed by atoms with van der Waals surface area (Å²) in [6, 6.07) is 8.59. The Morgan fingerprint density at radius 2 is 1.87 bits per heavy atom. The third kappa shape index (κ3) is 3.78. The average molecular weight is 208 g/mol. The number of hydrogen-bond donors (Lipinski definition) is 2. The maximum atomic E-state index is 11.4. The van der Waals surface area contributed by atoms with Crippen LogP contribution >= 0.6 is 0 Å². The van der Waals surface area contributed by atoms with E-state index >= 15 is 0 Å². The van der Waals surface area contributed by atoms with E-state index in [9.17, 15) is 9.59 Å². The fourth-order valence-corrected chi connectivity index (χ4v) is 0.955. The first-order valence-corrected chi connectivity index (χ1v) is 4.37. The monoisotopic (exact) mass is 208 g/mol. The van der Waals surface area contributed by atoms with Gasteiger partial charge in [-0.1, -0.05) is 18.2 Å². The fourth-order valence-electron chi connectivity index (χ4n) is 0.955. The molecule has 1 aromatic rings. The third-order valence-electron chi connectivity index (χ3n) is 1.63. The van der Waals surface area contributed by atoms with E-state index < -0.39 is 5.91 Å². The Morgan fingerprint density at radius 1 is 1.20 bits per heavy atom. The molecule has 1 rings (SSSR count). The first-order valence-electron chi connectivity index (χ1n) is 4.37. The number of rotatable bonds is 3. The second kappa shape index (κ2) is 5.77. The van der Waals surface area contributed by atoms with E-state index in [1.54, 1.807) is 30.3 Å². The van der Waals surface area contributed by atoms with Gasteiger partial charge in [0.2, 0.25) is 0 Å². The lowest BCUT2D eigenvalue weighted by atomic mass is 10.2. The van der Waals surface area contributed by atoms with Crippen LogP contribution in [0.3, 0.4) is 0 Å². The highest BCUT2D eigenvalue weighted by atomic mass is 16.5. The molecule has 0 saturated carbocycles. The summed E-state index contributed by atoms with van der Waals surface area (Å²) in [5.74, 6) is -0.762. The van der Waals surface area contributed by atoms with Crippen LogP contribution in [0.15, 0.2) is 30.3 Å². The number of carbonyl (C=O) groups is 2. The number of nitrogens with one attached hydrogen (secondary N) is 2. The quantitative estimate of drug-likeness (QED) is 0.692. The van der Waals surface area contributed by atoms with Crippen LogP contribution < -0.4 is 10.9 Å². The number of methoxy groups -OCH3 is 1. The molecule has 0 aromatic heterocycles. The van der Waals surface area contributed by atoms with Crippen molar-refractivity contribution in [2.45, 2.75) is 0 Å². The standard InChI is InChI=1S/C10H12N2O3/c1-15-7-9(13)11-12-10(14)8-5-3-2-4-6-8/h2-6H,7H2,1H3,(H,11,13)(H,12,14). The maximum Gasteiger partial charge on any atom is 0.269 e. The normalized spacial score (nSPS) is 9.40. The molecular weight excluding hydrogens is 196 g/mol. The molecule has 2 amide bonds. The van der Waals surface area contributed by atoms with E-state index in [4.69, 9.17) is 0 Å². The van der Waals surface area contributed by atoms with Crippen molar-refractivity contribution in [2.24, 2.45) is 0 Å². The van der Waals surface area contributed by atoms with Gasteiger partial charge in [0.25, 0.3) is 11.8 Å². The van der Waals surface area contributed by atoms with Crippen LogP contribution in [0.5, 0.6) is 0 Å². The smallest absolute Gasteiger partial charge is 0.269 e. The molecular formula is C10H12N2O3. The molecule has 5 nitrogen and oxygen atoms in total. The van der Waals surface area contributed by atoms with Gasteiger partial charge in [-0.25, -0.2) is 0 Å². The van der Waals surface area contributed by atoms with Gasteiger partial charge in [0.05, 0.1) is 0 Å². The van der Waals surface area contributed by atoms with Crippen molar-refractivity contribution in [1.82, 2.24) is 10.9 Å². The summed E-state index contributed by atoms with van der Waals surface area (Å²) < 4.78 is 4.58. The zero-order chi connectivity index (χ0) is 11.1. The molecule has 2 N–H and O–H groups in total. The molecule has 0 bridgehead atoms. The van der Waals surface area contributed by atoms with Crippen LogP contribution in [0.1, 0.15) is 10.4 Å². The zero-order valence-electron chi connectivity index (χ0n) is 8.32. The van der Waals surface area contributed by atoms with E-state index in [1.807, 2.05) is 0 Å². The van der Waals surface area contributed by atoms with Crippen molar-refractivity contribution in [2.75, 3.05) is 13.7 Å². The topological polar surface area (TPSA) is 67.4 Å². The van der Waals surface area contributed by atoms with Gasteiger partial charge in [0.15, 0.2) is 0 Å². The maximum absolute atomic E-state index is 11.4. The second-order valence-corrected chi connectivity index (χ2v) is 2.80.